The molecule has 5 rings (SSSR count). The minimum atomic E-state index is -4.27. The molecule has 3 aromatic rings. The molecule has 44 heavy (non-hydrogen) atoms. The molecule has 0 bridgehead atoms. The van der Waals surface area contributed by atoms with Crippen molar-refractivity contribution in [2.45, 2.75) is 77.0 Å². The van der Waals surface area contributed by atoms with Crippen LogP contribution >= 0.6 is 7.75 Å². The summed E-state index contributed by atoms with van der Waals surface area (Å²) < 4.78 is 38.5. The van der Waals surface area contributed by atoms with Crippen molar-refractivity contribution >= 4 is 13.7 Å². The predicted molar refractivity (Wildman–Crippen MR) is 161 cm³/mol. The first kappa shape index (κ1) is 31.9. The van der Waals surface area contributed by atoms with Crippen LogP contribution in [0.2, 0.25) is 0 Å². The monoisotopic (exact) mass is 627 g/mol. The lowest BCUT2D eigenvalue weighted by molar-refractivity contribution is -0.146. The predicted octanol–water partition coefficient (Wildman–Crippen LogP) is 3.80. The van der Waals surface area contributed by atoms with Gasteiger partial charge in [-0.2, -0.15) is 5.09 Å². The molecule has 5 unspecified atom stereocenters. The highest BCUT2D eigenvalue weighted by Crippen LogP contribution is 2.62. The Bertz CT molecular complexity index is 1630. The van der Waals surface area contributed by atoms with Crippen LogP contribution in [0.1, 0.15) is 57.9 Å². The van der Waals surface area contributed by atoms with Gasteiger partial charge in [0, 0.05) is 17.7 Å². The van der Waals surface area contributed by atoms with E-state index in [-0.39, 0.29) is 24.4 Å². The van der Waals surface area contributed by atoms with Gasteiger partial charge in [-0.25, -0.2) is 9.36 Å². The normalized spacial score (nSPS) is 22.7. The number of carbonyl (C=O) groups excluding carboxylic acids is 1. The van der Waals surface area contributed by atoms with Crippen molar-refractivity contribution < 1.29 is 33.0 Å². The summed E-state index contributed by atoms with van der Waals surface area (Å²) in [7, 11) is -4.27. The van der Waals surface area contributed by atoms with E-state index in [2.05, 4.69) is 30.8 Å². The molecule has 0 radical (unpaired) electrons. The number of hydrogen-bond donors (Lipinski definition) is 3. The Kier molecular flexibility index (Phi) is 9.02. The van der Waals surface area contributed by atoms with Gasteiger partial charge in [-0.15, -0.1) is 0 Å². The number of benzene rings is 2. The highest BCUT2D eigenvalue weighted by molar-refractivity contribution is 7.52. The van der Waals surface area contributed by atoms with Gasteiger partial charge in [0.1, 0.15) is 30.7 Å². The number of hydrogen-bond acceptors (Lipinski definition) is 9. The Morgan fingerprint density at radius 1 is 1.14 bits per heavy atom. The molecule has 2 aromatic carbocycles. The van der Waals surface area contributed by atoms with E-state index in [1.54, 1.807) is 12.1 Å². The minimum Gasteiger partial charge on any atom is -0.460 e. The van der Waals surface area contributed by atoms with Crippen LogP contribution in [0.25, 0.3) is 0 Å². The molecule has 1 aliphatic carbocycles. The molecule has 5 atom stereocenters. The molecule has 1 spiro atoms. The lowest BCUT2D eigenvalue weighted by atomic mass is 9.87. The first-order valence-corrected chi connectivity index (χ1v) is 16.0. The zero-order valence-electron chi connectivity index (χ0n) is 25.1. The molecule has 12 nitrogen and oxygen atoms in total. The van der Waals surface area contributed by atoms with E-state index < -0.39 is 54.9 Å². The van der Waals surface area contributed by atoms with E-state index in [1.807, 2.05) is 42.5 Å². The van der Waals surface area contributed by atoms with Crippen LogP contribution in [0.3, 0.4) is 0 Å². The average molecular weight is 628 g/mol. The van der Waals surface area contributed by atoms with Gasteiger partial charge in [0.2, 0.25) is 0 Å². The maximum atomic E-state index is 14.1. The van der Waals surface area contributed by atoms with Gasteiger partial charge in [0.25, 0.3) is 5.56 Å². The van der Waals surface area contributed by atoms with Crippen molar-refractivity contribution in [1.82, 2.24) is 14.6 Å². The van der Waals surface area contributed by atoms with E-state index >= 15 is 0 Å². The zero-order valence-corrected chi connectivity index (χ0v) is 26.0. The molecule has 13 heteroatoms. The number of esters is 1. The second kappa shape index (κ2) is 12.5. The van der Waals surface area contributed by atoms with E-state index in [4.69, 9.17) is 18.5 Å². The molecule has 2 aliphatic rings. The first-order chi connectivity index (χ1) is 20.8. The third kappa shape index (κ3) is 7.06. The fourth-order valence-corrected chi connectivity index (χ4v) is 6.73. The van der Waals surface area contributed by atoms with Crippen LogP contribution in [0.4, 0.5) is 0 Å². The fourth-order valence-electron chi connectivity index (χ4n) is 5.22. The van der Waals surface area contributed by atoms with Crippen molar-refractivity contribution in [2.24, 2.45) is 5.41 Å². The summed E-state index contributed by atoms with van der Waals surface area (Å²) in [4.78, 5) is 39.1. The van der Waals surface area contributed by atoms with Crippen molar-refractivity contribution in [3.8, 4) is 5.75 Å². The Balaban J connectivity index is 1.32. The number of rotatable bonds is 11. The molecule has 1 aromatic heterocycles. The van der Waals surface area contributed by atoms with E-state index in [0.717, 1.165) is 11.1 Å². The molecule has 2 heterocycles. The third-order valence-corrected chi connectivity index (χ3v) is 9.60. The summed E-state index contributed by atoms with van der Waals surface area (Å²) in [5, 5.41) is 13.8. The number of H-pyrrole nitrogens is 1. The number of nitrogens with zero attached hydrogens (tertiary/aromatic N) is 1. The van der Waals surface area contributed by atoms with Crippen molar-refractivity contribution in [2.75, 3.05) is 6.61 Å². The van der Waals surface area contributed by atoms with E-state index in [9.17, 15) is 24.1 Å². The van der Waals surface area contributed by atoms with Gasteiger partial charge in [-0.3, -0.25) is 23.7 Å². The van der Waals surface area contributed by atoms with Crippen LogP contribution in [0.5, 0.6) is 5.75 Å². The van der Waals surface area contributed by atoms with Crippen LogP contribution in [0, 0.1) is 5.41 Å². The topological polar surface area (TPSA) is 158 Å². The number of aromatic nitrogens is 2. The number of aliphatic hydroxyl groups is 1. The number of aliphatic hydroxyl groups excluding tert-OH is 1. The third-order valence-electron chi connectivity index (χ3n) is 7.95. The molecule has 1 saturated carbocycles. The van der Waals surface area contributed by atoms with Crippen molar-refractivity contribution in [3.05, 3.63) is 98.8 Å². The summed E-state index contributed by atoms with van der Waals surface area (Å²) in [6, 6.07) is 16.3. The van der Waals surface area contributed by atoms with Crippen molar-refractivity contribution in [3.63, 3.8) is 0 Å². The van der Waals surface area contributed by atoms with Gasteiger partial charge in [0.05, 0.1) is 12.7 Å². The summed E-state index contributed by atoms with van der Waals surface area (Å²) in [6.07, 6.45) is -0.417. The molecule has 236 valence electrons. The Morgan fingerprint density at radius 3 is 2.43 bits per heavy atom. The van der Waals surface area contributed by atoms with Crippen LogP contribution in [0.15, 0.2) is 76.4 Å². The highest BCUT2D eigenvalue weighted by atomic mass is 31.2. The SMILES string of the molecule is CC(NP(=O)(OCC1OC(n2ccc(=O)[nH]c2=O)C2(CC2)C1O)Oc1ccc(C(C)(C)C)cc1)C(=O)OCc1ccccc1. The Hall–Kier alpha value is -3.54. The molecule has 1 aliphatic heterocycles. The number of carbonyl (C=O) groups is 1. The van der Waals surface area contributed by atoms with Gasteiger partial charge in [0.15, 0.2) is 0 Å². The fraction of sp³-hybridized carbons (Fsp3) is 0.452. The van der Waals surface area contributed by atoms with Gasteiger partial charge in [-0.05, 0) is 48.4 Å². The zero-order chi connectivity index (χ0) is 31.7. The molecule has 1 saturated heterocycles. The summed E-state index contributed by atoms with van der Waals surface area (Å²) in [6.45, 7) is 7.32. The molecule has 2 fully saturated rings. The number of ether oxygens (including phenoxy) is 2. The Morgan fingerprint density at radius 2 is 1.82 bits per heavy atom. The van der Waals surface area contributed by atoms with Gasteiger partial charge in [-0.1, -0.05) is 63.2 Å². The molecule has 0 amide bonds. The first-order valence-electron chi connectivity index (χ1n) is 14.5. The highest BCUT2D eigenvalue weighted by Gasteiger charge is 2.64. The van der Waals surface area contributed by atoms with Crippen LogP contribution < -0.4 is 20.9 Å². The molecular formula is C31H38N3O9P. The lowest BCUT2D eigenvalue weighted by Crippen LogP contribution is -2.37. The molecular weight excluding hydrogens is 589 g/mol. The lowest BCUT2D eigenvalue weighted by Gasteiger charge is -2.25. The smallest absolute Gasteiger partial charge is 0.459 e. The second-order valence-corrected chi connectivity index (χ2v) is 14.0. The maximum absolute atomic E-state index is 14.1. The standard InChI is InChI=1S/C31H38N3O9P/c1-20(27(37)40-18-21-8-6-5-7-9-21)33-44(39,43-23-12-10-22(11-13-23)30(2,3)4)41-19-24-26(36)31(15-16-31)28(42-24)34-17-14-25(35)32-29(34)38/h5-14,17,20,24,26,28,36H,15-16,18-19H2,1-4H3,(H,33,39)(H,32,35,38). The summed E-state index contributed by atoms with van der Waals surface area (Å²) in [5.41, 5.74) is -0.267. The average Bonchev–Trinajstić information content (AvgIpc) is 3.73. The van der Waals surface area contributed by atoms with E-state index in [0.29, 0.717) is 12.8 Å². The van der Waals surface area contributed by atoms with Crippen LogP contribution in [-0.2, 0) is 35.4 Å². The van der Waals surface area contributed by atoms with Crippen molar-refractivity contribution in [1.29, 1.82) is 0 Å². The van der Waals surface area contributed by atoms with Gasteiger partial charge < -0.3 is 19.1 Å². The number of aromatic amines is 1. The second-order valence-electron chi connectivity index (χ2n) is 12.3. The maximum Gasteiger partial charge on any atom is 0.459 e. The van der Waals surface area contributed by atoms with Gasteiger partial charge >= 0.3 is 19.4 Å². The number of nitrogens with one attached hydrogen (secondary N) is 2. The largest absolute Gasteiger partial charge is 0.460 e. The van der Waals surface area contributed by atoms with Crippen LogP contribution in [-0.4, -0.2) is 45.5 Å². The molecule has 3 N–H and O–H groups in total. The minimum absolute atomic E-state index is 0.0294. The Labute approximate surface area is 254 Å². The quantitative estimate of drug-likeness (QED) is 0.211. The summed E-state index contributed by atoms with van der Waals surface area (Å²) >= 11 is 0. The van der Waals surface area contributed by atoms with E-state index in [1.165, 1.54) is 23.8 Å². The summed E-state index contributed by atoms with van der Waals surface area (Å²) in [5.74, 6) is -0.432.